The van der Waals surface area contributed by atoms with Crippen LogP contribution in [0, 0.1) is 0 Å². The first kappa shape index (κ1) is 25.0. The summed E-state index contributed by atoms with van der Waals surface area (Å²) in [5.41, 5.74) is 5.25. The van der Waals surface area contributed by atoms with Crippen LogP contribution >= 0.6 is 11.6 Å². The molecule has 5 nitrogen and oxygen atoms in total. The predicted molar refractivity (Wildman–Crippen MR) is 131 cm³/mol. The van der Waals surface area contributed by atoms with Gasteiger partial charge in [0.15, 0.2) is 6.10 Å². The SMILES string of the molecule is CCCCCCC(Oc1ccc(CCCCC)cc1Cl)C(=O)Nc1ccc(NN)cc1. The third kappa shape index (κ3) is 8.80. The van der Waals surface area contributed by atoms with Crippen molar-refractivity contribution in [1.29, 1.82) is 0 Å². The Bertz CT molecular complexity index is 796. The Morgan fingerprint density at radius 2 is 1.65 bits per heavy atom. The molecule has 1 amide bonds. The van der Waals surface area contributed by atoms with E-state index < -0.39 is 6.10 Å². The van der Waals surface area contributed by atoms with Crippen LogP contribution in [0.5, 0.6) is 5.75 Å². The Kier molecular flexibility index (Phi) is 11.3. The van der Waals surface area contributed by atoms with Gasteiger partial charge in [-0.2, -0.15) is 0 Å². The van der Waals surface area contributed by atoms with Gasteiger partial charge in [-0.1, -0.05) is 63.6 Å². The molecule has 0 aliphatic carbocycles. The number of benzene rings is 2. The zero-order valence-corrected chi connectivity index (χ0v) is 19.5. The number of hydrogen-bond donors (Lipinski definition) is 3. The molecule has 0 saturated heterocycles. The van der Waals surface area contributed by atoms with Crippen molar-refractivity contribution < 1.29 is 9.53 Å². The molecule has 31 heavy (non-hydrogen) atoms. The molecule has 0 heterocycles. The van der Waals surface area contributed by atoms with Crippen molar-refractivity contribution in [3.8, 4) is 5.75 Å². The standard InChI is InChI=1S/C25H36ClN3O2/c1-3-5-7-9-11-24(25(30)28-20-13-15-21(29-27)16-14-20)31-23-17-12-19(18-22(23)26)10-8-6-4-2/h12-18,24,29H,3-11,27H2,1-2H3,(H,28,30). The lowest BCUT2D eigenvalue weighted by Crippen LogP contribution is -2.33. The summed E-state index contributed by atoms with van der Waals surface area (Å²) >= 11 is 6.49. The van der Waals surface area contributed by atoms with Crippen LogP contribution in [0.15, 0.2) is 42.5 Å². The highest BCUT2D eigenvalue weighted by molar-refractivity contribution is 6.32. The summed E-state index contributed by atoms with van der Waals surface area (Å²) in [4.78, 5) is 13.0. The summed E-state index contributed by atoms with van der Waals surface area (Å²) in [5, 5.41) is 3.50. The van der Waals surface area contributed by atoms with E-state index in [-0.39, 0.29) is 5.91 Å². The number of amides is 1. The van der Waals surface area contributed by atoms with Crippen molar-refractivity contribution in [2.24, 2.45) is 5.84 Å². The minimum atomic E-state index is -0.604. The van der Waals surface area contributed by atoms with Gasteiger partial charge < -0.3 is 15.5 Å². The highest BCUT2D eigenvalue weighted by Crippen LogP contribution is 2.28. The van der Waals surface area contributed by atoms with Crippen molar-refractivity contribution >= 4 is 28.9 Å². The molecular weight excluding hydrogens is 410 g/mol. The van der Waals surface area contributed by atoms with Gasteiger partial charge in [0.05, 0.1) is 5.02 Å². The van der Waals surface area contributed by atoms with Crippen molar-refractivity contribution in [2.75, 3.05) is 10.7 Å². The Labute approximate surface area is 191 Å². The molecule has 2 aromatic carbocycles. The first-order valence-corrected chi connectivity index (χ1v) is 11.8. The number of unbranched alkanes of at least 4 members (excludes halogenated alkanes) is 5. The summed E-state index contributed by atoms with van der Waals surface area (Å²) in [6.45, 7) is 4.36. The summed E-state index contributed by atoms with van der Waals surface area (Å²) in [6, 6.07) is 13.1. The number of halogens is 1. The minimum Gasteiger partial charge on any atom is -0.479 e. The van der Waals surface area contributed by atoms with Gasteiger partial charge in [-0.3, -0.25) is 10.6 Å². The molecular formula is C25H36ClN3O2. The number of hydrogen-bond acceptors (Lipinski definition) is 4. The van der Waals surface area contributed by atoms with Crippen LogP contribution in [0.4, 0.5) is 11.4 Å². The first-order valence-electron chi connectivity index (χ1n) is 11.4. The van der Waals surface area contributed by atoms with Crippen LogP contribution in [0.25, 0.3) is 0 Å². The van der Waals surface area contributed by atoms with Crippen molar-refractivity contribution in [3.63, 3.8) is 0 Å². The van der Waals surface area contributed by atoms with E-state index in [0.717, 1.165) is 44.2 Å². The summed E-state index contributed by atoms with van der Waals surface area (Å²) in [7, 11) is 0. The van der Waals surface area contributed by atoms with Gasteiger partial charge in [-0.15, -0.1) is 0 Å². The van der Waals surface area contributed by atoms with Gasteiger partial charge in [0.1, 0.15) is 5.75 Å². The van der Waals surface area contributed by atoms with Crippen LogP contribution in [0.1, 0.15) is 70.8 Å². The van der Waals surface area contributed by atoms with Gasteiger partial charge in [0, 0.05) is 11.4 Å². The largest absolute Gasteiger partial charge is 0.479 e. The molecule has 0 saturated carbocycles. The molecule has 6 heteroatoms. The first-order chi connectivity index (χ1) is 15.1. The number of anilines is 2. The zero-order valence-electron chi connectivity index (χ0n) is 18.8. The molecule has 0 aromatic heterocycles. The van der Waals surface area contributed by atoms with E-state index in [9.17, 15) is 4.79 Å². The molecule has 0 aliphatic heterocycles. The molecule has 4 N–H and O–H groups in total. The smallest absolute Gasteiger partial charge is 0.265 e. The van der Waals surface area contributed by atoms with Crippen molar-refractivity contribution in [1.82, 2.24) is 0 Å². The maximum absolute atomic E-state index is 13.0. The summed E-state index contributed by atoms with van der Waals surface area (Å²) in [5.74, 6) is 5.79. The third-order valence-electron chi connectivity index (χ3n) is 5.27. The number of hydrazine groups is 1. The second-order valence-corrected chi connectivity index (χ2v) is 8.30. The Morgan fingerprint density at radius 1 is 0.968 bits per heavy atom. The van der Waals surface area contributed by atoms with E-state index in [2.05, 4.69) is 24.6 Å². The van der Waals surface area contributed by atoms with E-state index in [4.69, 9.17) is 22.2 Å². The predicted octanol–water partition coefficient (Wildman–Crippen LogP) is 6.71. The normalized spacial score (nSPS) is 11.7. The molecule has 0 spiro atoms. The van der Waals surface area contributed by atoms with Crippen molar-refractivity contribution in [3.05, 3.63) is 53.1 Å². The average Bonchev–Trinajstić information content (AvgIpc) is 2.78. The third-order valence-corrected chi connectivity index (χ3v) is 5.56. The minimum absolute atomic E-state index is 0.173. The zero-order chi connectivity index (χ0) is 22.5. The molecule has 1 unspecified atom stereocenters. The highest BCUT2D eigenvalue weighted by atomic mass is 35.5. The lowest BCUT2D eigenvalue weighted by atomic mass is 10.1. The quantitative estimate of drug-likeness (QED) is 0.171. The van der Waals surface area contributed by atoms with Crippen LogP contribution in [0.3, 0.4) is 0 Å². The number of nitrogens with two attached hydrogens (primary N) is 1. The molecule has 0 fully saturated rings. The second-order valence-electron chi connectivity index (χ2n) is 7.89. The van der Waals surface area contributed by atoms with Gasteiger partial charge in [0.25, 0.3) is 5.91 Å². The second kappa shape index (κ2) is 13.9. The van der Waals surface area contributed by atoms with Crippen molar-refractivity contribution in [2.45, 2.75) is 77.7 Å². The maximum Gasteiger partial charge on any atom is 0.265 e. The van der Waals surface area contributed by atoms with Gasteiger partial charge in [-0.25, -0.2) is 0 Å². The van der Waals surface area contributed by atoms with Gasteiger partial charge >= 0.3 is 0 Å². The molecule has 2 rings (SSSR count). The molecule has 2 aromatic rings. The lowest BCUT2D eigenvalue weighted by molar-refractivity contribution is -0.123. The summed E-state index contributed by atoms with van der Waals surface area (Å²) in [6.07, 6.45) is 8.87. The molecule has 170 valence electrons. The average molecular weight is 446 g/mol. The fourth-order valence-corrected chi connectivity index (χ4v) is 3.65. The van der Waals surface area contributed by atoms with Crippen LogP contribution in [0.2, 0.25) is 5.02 Å². The molecule has 0 bridgehead atoms. The van der Waals surface area contributed by atoms with E-state index in [0.29, 0.717) is 22.9 Å². The van der Waals surface area contributed by atoms with Crippen LogP contribution in [-0.2, 0) is 11.2 Å². The number of ether oxygens (including phenoxy) is 1. The Morgan fingerprint density at radius 3 is 2.29 bits per heavy atom. The van der Waals surface area contributed by atoms with E-state index in [1.165, 1.54) is 18.4 Å². The van der Waals surface area contributed by atoms with Gasteiger partial charge in [-0.05, 0) is 67.6 Å². The number of aryl methyl sites for hydroxylation is 1. The van der Waals surface area contributed by atoms with Gasteiger partial charge in [0.2, 0.25) is 0 Å². The number of nitrogen functional groups attached to an aromatic ring is 1. The molecule has 0 aliphatic rings. The van der Waals surface area contributed by atoms with E-state index in [1.807, 2.05) is 18.2 Å². The number of rotatable bonds is 14. The van der Waals surface area contributed by atoms with E-state index >= 15 is 0 Å². The number of nitrogens with one attached hydrogen (secondary N) is 2. The Hall–Kier alpha value is -2.24. The van der Waals surface area contributed by atoms with Crippen LogP contribution in [-0.4, -0.2) is 12.0 Å². The highest BCUT2D eigenvalue weighted by Gasteiger charge is 2.21. The summed E-state index contributed by atoms with van der Waals surface area (Å²) < 4.78 is 6.11. The van der Waals surface area contributed by atoms with E-state index in [1.54, 1.807) is 24.3 Å². The molecule has 0 radical (unpaired) electrons. The topological polar surface area (TPSA) is 76.4 Å². The van der Waals surface area contributed by atoms with Crippen LogP contribution < -0.4 is 21.3 Å². The fourth-order valence-electron chi connectivity index (χ4n) is 3.40. The fraction of sp³-hybridized carbons (Fsp3) is 0.480. The maximum atomic E-state index is 13.0. The molecule has 1 atom stereocenters. The number of carbonyl (C=O) groups is 1. The Balaban J connectivity index is 2.06. The monoisotopic (exact) mass is 445 g/mol. The number of carbonyl (C=O) groups excluding carboxylic acids is 1. The lowest BCUT2D eigenvalue weighted by Gasteiger charge is -2.20.